The maximum Gasteiger partial charge on any atom is 0.200 e. The number of fused-ring (bicyclic) bond motifs is 11. The van der Waals surface area contributed by atoms with Gasteiger partial charge in [0.05, 0.1) is 27.3 Å². The zero-order valence-electron chi connectivity index (χ0n) is 28.3. The van der Waals surface area contributed by atoms with Gasteiger partial charge in [-0.15, -0.1) is 11.3 Å². The summed E-state index contributed by atoms with van der Waals surface area (Å²) in [7, 11) is 0. The minimum atomic E-state index is -0.00196. The van der Waals surface area contributed by atoms with E-state index in [9.17, 15) is 4.79 Å². The van der Waals surface area contributed by atoms with Crippen molar-refractivity contribution in [2.75, 3.05) is 0 Å². The van der Waals surface area contributed by atoms with Crippen LogP contribution in [-0.2, 0) is 0 Å². The first-order valence-electron chi connectivity index (χ1n) is 17.9. The Labute approximate surface area is 306 Å². The lowest BCUT2D eigenvalue weighted by molar-refractivity contribution is 0.660. The van der Waals surface area contributed by atoms with E-state index in [1.54, 1.807) is 0 Å². The second kappa shape index (κ2) is 10.6. The molecule has 0 amide bonds. The van der Waals surface area contributed by atoms with Crippen LogP contribution in [0.3, 0.4) is 0 Å². The molecule has 0 aliphatic rings. The van der Waals surface area contributed by atoms with Gasteiger partial charge < -0.3 is 8.82 Å². The number of hydrogen-bond acceptors (Lipinski definition) is 3. The van der Waals surface area contributed by atoms with Gasteiger partial charge in [-0.25, -0.2) is 0 Å². The van der Waals surface area contributed by atoms with Crippen molar-refractivity contribution in [3.8, 4) is 33.4 Å². The molecule has 3 nitrogen and oxygen atoms in total. The van der Waals surface area contributed by atoms with E-state index in [0.717, 1.165) is 11.1 Å². The number of thiophene rings is 1. The number of para-hydroxylation sites is 3. The van der Waals surface area contributed by atoms with Crippen LogP contribution in [0.4, 0.5) is 0 Å². The molecule has 0 unspecified atom stereocenters. The fraction of sp³-hybridized carbons (Fsp3) is 0. The van der Waals surface area contributed by atoms with E-state index < -0.39 is 0 Å². The van der Waals surface area contributed by atoms with E-state index in [1.165, 1.54) is 80.5 Å². The zero-order chi connectivity index (χ0) is 34.8. The van der Waals surface area contributed by atoms with Gasteiger partial charge in [0.25, 0.3) is 0 Å². The lowest BCUT2D eigenvalue weighted by atomic mass is 9.94. The molecule has 4 heteroatoms. The molecule has 4 aromatic heterocycles. The molecule has 0 atom stereocenters. The van der Waals surface area contributed by atoms with Crippen molar-refractivity contribution in [1.29, 1.82) is 0 Å². The lowest BCUT2D eigenvalue weighted by Crippen LogP contribution is -2.01. The van der Waals surface area contributed by atoms with Crippen LogP contribution in [0, 0.1) is 0 Å². The fourth-order valence-electron chi connectivity index (χ4n) is 8.69. The standard InChI is InChI=1S/C49H27NO2S/c51-49-37-12-3-6-15-43(37)52-44-21-16-29(27-40(44)49)31-18-23-46-39(26-31)38-25-30(17-22-45(38)53-46)28-8-7-9-32(24-28)33-19-20-35-34-10-1-4-13-41(34)50-42-14-5-2-11-36(42)47(33)48(35)50/h1-27H. The normalized spacial score (nSPS) is 12.2. The summed E-state index contributed by atoms with van der Waals surface area (Å²) in [5.41, 5.74) is 11.9. The number of nitrogens with zero attached hydrogens (tertiary/aromatic N) is 1. The Balaban J connectivity index is 0.995. The minimum absolute atomic E-state index is 0.00196. The summed E-state index contributed by atoms with van der Waals surface area (Å²) in [5.74, 6) is 0. The second-order valence-corrected chi connectivity index (χ2v) is 15.1. The summed E-state index contributed by atoms with van der Waals surface area (Å²) in [6.07, 6.45) is 0. The molecule has 0 saturated heterocycles. The van der Waals surface area contributed by atoms with Crippen LogP contribution in [0.25, 0.3) is 114 Å². The van der Waals surface area contributed by atoms with E-state index >= 15 is 0 Å². The molecule has 53 heavy (non-hydrogen) atoms. The van der Waals surface area contributed by atoms with Gasteiger partial charge in [0.2, 0.25) is 5.43 Å². The topological polar surface area (TPSA) is 34.6 Å². The number of aromatic nitrogens is 1. The van der Waals surface area contributed by atoms with Gasteiger partial charge in [-0.05, 0) is 100 Å². The van der Waals surface area contributed by atoms with E-state index in [0.29, 0.717) is 21.9 Å². The SMILES string of the molecule is O=c1c2ccccc2oc2ccc(-c3ccc4sc5ccc(-c6cccc(-c7ccc8c9ccccc9n9c%10ccccc%10c7c89)c6)cc5c4c3)cc12. The summed E-state index contributed by atoms with van der Waals surface area (Å²) in [6.45, 7) is 0. The zero-order valence-corrected chi connectivity index (χ0v) is 29.1. The van der Waals surface area contributed by atoms with E-state index in [4.69, 9.17) is 4.42 Å². The molecule has 12 aromatic rings. The van der Waals surface area contributed by atoms with Crippen molar-refractivity contribution in [3.63, 3.8) is 0 Å². The first kappa shape index (κ1) is 28.9. The van der Waals surface area contributed by atoms with Crippen molar-refractivity contribution >= 4 is 91.5 Å². The lowest BCUT2D eigenvalue weighted by Gasteiger charge is -2.09. The van der Waals surface area contributed by atoms with Crippen LogP contribution in [-0.4, -0.2) is 4.40 Å². The van der Waals surface area contributed by atoms with Gasteiger partial charge >= 0.3 is 0 Å². The molecule has 4 heterocycles. The summed E-state index contributed by atoms with van der Waals surface area (Å²) >= 11 is 1.82. The molecule has 8 aromatic carbocycles. The van der Waals surface area contributed by atoms with Crippen LogP contribution in [0.1, 0.15) is 0 Å². The molecule has 0 aliphatic carbocycles. The van der Waals surface area contributed by atoms with Gasteiger partial charge in [-0.2, -0.15) is 0 Å². The molecule has 12 rings (SSSR count). The van der Waals surface area contributed by atoms with E-state index in [-0.39, 0.29) is 5.43 Å². The van der Waals surface area contributed by atoms with Crippen LogP contribution < -0.4 is 5.43 Å². The maximum atomic E-state index is 13.4. The molecule has 0 N–H and O–H groups in total. The number of benzene rings is 8. The highest BCUT2D eigenvalue weighted by Gasteiger charge is 2.20. The van der Waals surface area contributed by atoms with Gasteiger partial charge in [-0.1, -0.05) is 97.1 Å². The molecular weight excluding hydrogens is 667 g/mol. The third-order valence-corrected chi connectivity index (χ3v) is 12.3. The van der Waals surface area contributed by atoms with E-state index in [2.05, 4.69) is 126 Å². The fourth-order valence-corrected chi connectivity index (χ4v) is 9.75. The largest absolute Gasteiger partial charge is 0.456 e. The number of hydrogen-bond donors (Lipinski definition) is 0. The van der Waals surface area contributed by atoms with Crippen molar-refractivity contribution in [3.05, 3.63) is 174 Å². The average Bonchev–Trinajstić information content (AvgIpc) is 3.87. The quantitative estimate of drug-likeness (QED) is 0.173. The van der Waals surface area contributed by atoms with E-state index in [1.807, 2.05) is 53.8 Å². The summed E-state index contributed by atoms with van der Waals surface area (Å²) < 4.78 is 11.0. The molecule has 0 bridgehead atoms. The number of rotatable bonds is 3. The Hall–Kier alpha value is -6.75. The first-order valence-corrected chi connectivity index (χ1v) is 18.7. The highest BCUT2D eigenvalue weighted by Crippen LogP contribution is 2.44. The smallest absolute Gasteiger partial charge is 0.200 e. The first-order chi connectivity index (χ1) is 26.2. The molecular formula is C49H27NO2S. The average molecular weight is 694 g/mol. The Morgan fingerprint density at radius 2 is 1.00 bits per heavy atom. The third-order valence-electron chi connectivity index (χ3n) is 11.1. The monoisotopic (exact) mass is 693 g/mol. The third kappa shape index (κ3) is 4.07. The highest BCUT2D eigenvalue weighted by molar-refractivity contribution is 7.25. The predicted molar refractivity (Wildman–Crippen MR) is 224 cm³/mol. The second-order valence-electron chi connectivity index (χ2n) is 14.0. The van der Waals surface area contributed by atoms with Crippen LogP contribution in [0.5, 0.6) is 0 Å². The summed E-state index contributed by atoms with van der Waals surface area (Å²) in [5, 5.41) is 8.82. The predicted octanol–water partition coefficient (Wildman–Crippen LogP) is 13.5. The Morgan fingerprint density at radius 3 is 1.77 bits per heavy atom. The highest BCUT2D eigenvalue weighted by atomic mass is 32.1. The van der Waals surface area contributed by atoms with Gasteiger partial charge in [0.15, 0.2) is 0 Å². The van der Waals surface area contributed by atoms with Crippen molar-refractivity contribution < 1.29 is 4.42 Å². The van der Waals surface area contributed by atoms with Crippen molar-refractivity contribution in [2.45, 2.75) is 0 Å². The molecule has 0 radical (unpaired) electrons. The van der Waals surface area contributed by atoms with Crippen molar-refractivity contribution in [2.24, 2.45) is 0 Å². The Morgan fingerprint density at radius 1 is 0.415 bits per heavy atom. The van der Waals surface area contributed by atoms with Crippen LogP contribution >= 0.6 is 11.3 Å². The molecule has 246 valence electrons. The minimum Gasteiger partial charge on any atom is -0.456 e. The summed E-state index contributed by atoms with van der Waals surface area (Å²) in [4.78, 5) is 13.4. The van der Waals surface area contributed by atoms with Crippen LogP contribution in [0.2, 0.25) is 0 Å². The molecule has 0 spiro atoms. The molecule has 0 saturated carbocycles. The molecule has 0 aliphatic heterocycles. The Kier molecular flexibility index (Phi) is 5.80. The van der Waals surface area contributed by atoms with Gasteiger partial charge in [-0.3, -0.25) is 4.79 Å². The summed E-state index contributed by atoms with van der Waals surface area (Å²) in [6, 6.07) is 58.0. The maximum absolute atomic E-state index is 13.4. The Bertz CT molecular complexity index is 3550. The van der Waals surface area contributed by atoms with Gasteiger partial charge in [0.1, 0.15) is 11.2 Å². The van der Waals surface area contributed by atoms with Crippen LogP contribution in [0.15, 0.2) is 173 Å². The van der Waals surface area contributed by atoms with Crippen molar-refractivity contribution in [1.82, 2.24) is 4.40 Å². The van der Waals surface area contributed by atoms with Gasteiger partial charge in [0, 0.05) is 41.7 Å². The molecule has 0 fully saturated rings.